The molecule has 1 atom stereocenters. The van der Waals surface area contributed by atoms with Crippen LogP contribution in [-0.2, 0) is 10.2 Å². The number of nitro groups is 1. The SMILES string of the molecule is C/C(=N\NC(=O)C1CC1(c1ccc(C)cc1)c1ccc(C)cc1)c1cccc([N+](=O)[O-])c1. The van der Waals surface area contributed by atoms with Gasteiger partial charge in [0.25, 0.3) is 5.69 Å². The Balaban J connectivity index is 1.58. The number of hydrazone groups is 1. The first-order valence-corrected chi connectivity index (χ1v) is 10.5. The predicted molar refractivity (Wildman–Crippen MR) is 125 cm³/mol. The molecule has 6 nitrogen and oxygen atoms in total. The van der Waals surface area contributed by atoms with Gasteiger partial charge in [-0.05, 0) is 38.3 Å². The number of benzene rings is 3. The zero-order valence-corrected chi connectivity index (χ0v) is 18.3. The summed E-state index contributed by atoms with van der Waals surface area (Å²) in [6.45, 7) is 5.81. The van der Waals surface area contributed by atoms with Crippen LogP contribution in [-0.4, -0.2) is 16.5 Å². The van der Waals surface area contributed by atoms with Crippen LogP contribution >= 0.6 is 0 Å². The summed E-state index contributed by atoms with van der Waals surface area (Å²) in [6, 6.07) is 22.9. The molecule has 3 aromatic rings. The maximum atomic E-state index is 13.1. The Bertz CT molecular complexity index is 1150. The monoisotopic (exact) mass is 427 g/mol. The lowest BCUT2D eigenvalue weighted by Gasteiger charge is -2.19. The molecule has 0 heterocycles. The number of hydrogen-bond acceptors (Lipinski definition) is 4. The standard InChI is InChI=1S/C26H25N3O3/c1-17-7-11-21(12-8-17)26(22-13-9-18(2)10-14-22)16-24(26)25(30)28-27-19(3)20-5-4-6-23(15-20)29(31)32/h4-15,24H,16H2,1-3H3,(H,28,30)/b27-19+. The molecule has 162 valence electrons. The van der Waals surface area contributed by atoms with Crippen LogP contribution in [0.15, 0.2) is 77.9 Å². The van der Waals surface area contributed by atoms with E-state index in [1.807, 2.05) is 13.8 Å². The van der Waals surface area contributed by atoms with Crippen LogP contribution in [0.25, 0.3) is 0 Å². The summed E-state index contributed by atoms with van der Waals surface area (Å²) in [6.07, 6.45) is 0.705. The largest absolute Gasteiger partial charge is 0.273 e. The Hall–Kier alpha value is -3.80. The van der Waals surface area contributed by atoms with E-state index in [4.69, 9.17) is 0 Å². The molecule has 1 amide bonds. The summed E-state index contributed by atoms with van der Waals surface area (Å²) in [5, 5.41) is 15.3. The van der Waals surface area contributed by atoms with Gasteiger partial charge in [-0.3, -0.25) is 14.9 Å². The maximum absolute atomic E-state index is 13.1. The van der Waals surface area contributed by atoms with Gasteiger partial charge in [0.2, 0.25) is 5.91 Å². The summed E-state index contributed by atoms with van der Waals surface area (Å²) in [5.41, 5.74) is 7.99. The van der Waals surface area contributed by atoms with E-state index >= 15 is 0 Å². The van der Waals surface area contributed by atoms with Crippen molar-refractivity contribution in [1.29, 1.82) is 0 Å². The summed E-state index contributed by atoms with van der Waals surface area (Å²) in [4.78, 5) is 23.7. The van der Waals surface area contributed by atoms with Crippen molar-refractivity contribution in [2.75, 3.05) is 0 Å². The number of amides is 1. The highest BCUT2D eigenvalue weighted by atomic mass is 16.6. The van der Waals surface area contributed by atoms with Crippen molar-refractivity contribution in [2.24, 2.45) is 11.0 Å². The lowest BCUT2D eigenvalue weighted by Crippen LogP contribution is -2.26. The van der Waals surface area contributed by atoms with Gasteiger partial charge in [-0.1, -0.05) is 71.8 Å². The second-order valence-corrected chi connectivity index (χ2v) is 8.44. The summed E-state index contributed by atoms with van der Waals surface area (Å²) >= 11 is 0. The van der Waals surface area contributed by atoms with Crippen molar-refractivity contribution in [2.45, 2.75) is 32.6 Å². The lowest BCUT2D eigenvalue weighted by atomic mass is 9.85. The zero-order valence-electron chi connectivity index (χ0n) is 18.3. The van der Waals surface area contributed by atoms with E-state index in [0.29, 0.717) is 17.7 Å². The van der Waals surface area contributed by atoms with Crippen LogP contribution in [0.3, 0.4) is 0 Å². The molecule has 1 aliphatic rings. The summed E-state index contributed by atoms with van der Waals surface area (Å²) in [5.74, 6) is -0.398. The van der Waals surface area contributed by atoms with Gasteiger partial charge in [0, 0.05) is 23.1 Å². The average Bonchev–Trinajstić information content (AvgIpc) is 3.55. The number of carbonyl (C=O) groups is 1. The fourth-order valence-corrected chi connectivity index (χ4v) is 4.21. The second kappa shape index (κ2) is 8.38. The molecule has 1 fully saturated rings. The Morgan fingerprint density at radius 1 is 1.00 bits per heavy atom. The third kappa shape index (κ3) is 4.04. The highest BCUT2D eigenvalue weighted by Gasteiger charge is 2.60. The Kier molecular flexibility index (Phi) is 5.61. The molecule has 4 rings (SSSR count). The van der Waals surface area contributed by atoms with E-state index < -0.39 is 4.92 Å². The van der Waals surface area contributed by atoms with Gasteiger partial charge in [0.15, 0.2) is 0 Å². The van der Waals surface area contributed by atoms with Crippen LogP contribution in [0.4, 0.5) is 5.69 Å². The number of carbonyl (C=O) groups excluding carboxylic acids is 1. The first-order chi connectivity index (χ1) is 15.3. The number of nitro benzene ring substituents is 1. The number of non-ortho nitro benzene ring substituents is 1. The molecule has 6 heteroatoms. The minimum absolute atomic E-state index is 0.0108. The molecule has 0 bridgehead atoms. The van der Waals surface area contributed by atoms with Crippen LogP contribution in [0.2, 0.25) is 0 Å². The van der Waals surface area contributed by atoms with Crippen molar-refractivity contribution >= 4 is 17.3 Å². The van der Waals surface area contributed by atoms with Crippen LogP contribution in [0.1, 0.15) is 41.2 Å². The van der Waals surface area contributed by atoms with Gasteiger partial charge in [-0.2, -0.15) is 5.10 Å². The van der Waals surface area contributed by atoms with Gasteiger partial charge in [-0.25, -0.2) is 5.43 Å². The molecule has 1 saturated carbocycles. The van der Waals surface area contributed by atoms with Crippen molar-refractivity contribution in [1.82, 2.24) is 5.43 Å². The predicted octanol–water partition coefficient (Wildman–Crippen LogP) is 5.06. The van der Waals surface area contributed by atoms with Gasteiger partial charge in [-0.15, -0.1) is 0 Å². The number of hydrogen-bond donors (Lipinski definition) is 1. The molecule has 3 aromatic carbocycles. The smallest absolute Gasteiger partial charge is 0.270 e. The second-order valence-electron chi connectivity index (χ2n) is 8.44. The van der Waals surface area contributed by atoms with E-state index in [1.165, 1.54) is 23.3 Å². The molecule has 1 aliphatic carbocycles. The Labute approximate surface area is 187 Å². The van der Waals surface area contributed by atoms with Crippen LogP contribution in [0.5, 0.6) is 0 Å². The van der Waals surface area contributed by atoms with Gasteiger partial charge < -0.3 is 0 Å². The molecule has 0 radical (unpaired) electrons. The number of aryl methyl sites for hydroxylation is 2. The number of rotatable bonds is 6. The maximum Gasteiger partial charge on any atom is 0.270 e. The minimum atomic E-state index is -0.447. The quantitative estimate of drug-likeness (QED) is 0.339. The van der Waals surface area contributed by atoms with Crippen molar-refractivity contribution in [3.05, 3.63) is 111 Å². The zero-order chi connectivity index (χ0) is 22.9. The molecule has 0 saturated heterocycles. The first-order valence-electron chi connectivity index (χ1n) is 10.5. The molecule has 1 unspecified atom stereocenters. The lowest BCUT2D eigenvalue weighted by molar-refractivity contribution is -0.384. The topological polar surface area (TPSA) is 84.6 Å². The van der Waals surface area contributed by atoms with Crippen LogP contribution in [0, 0.1) is 29.9 Å². The third-order valence-corrected chi connectivity index (χ3v) is 6.22. The van der Waals surface area contributed by atoms with Crippen LogP contribution < -0.4 is 5.43 Å². The van der Waals surface area contributed by atoms with E-state index in [0.717, 1.165) is 11.1 Å². The minimum Gasteiger partial charge on any atom is -0.273 e. The normalized spacial score (nSPS) is 17.0. The van der Waals surface area contributed by atoms with E-state index in [-0.39, 0.29) is 22.9 Å². The number of nitrogens with one attached hydrogen (secondary N) is 1. The molecule has 32 heavy (non-hydrogen) atoms. The third-order valence-electron chi connectivity index (χ3n) is 6.22. The van der Waals surface area contributed by atoms with E-state index in [9.17, 15) is 14.9 Å². The average molecular weight is 428 g/mol. The molecular weight excluding hydrogens is 402 g/mol. The number of nitrogens with zero attached hydrogens (tertiary/aromatic N) is 2. The van der Waals surface area contributed by atoms with E-state index in [1.54, 1.807) is 19.1 Å². The Morgan fingerprint density at radius 2 is 1.56 bits per heavy atom. The molecule has 0 spiro atoms. The van der Waals surface area contributed by atoms with E-state index in [2.05, 4.69) is 59.1 Å². The van der Waals surface area contributed by atoms with Gasteiger partial charge in [0.1, 0.15) is 0 Å². The Morgan fingerprint density at radius 3 is 2.09 bits per heavy atom. The van der Waals surface area contributed by atoms with Crippen molar-refractivity contribution in [3.63, 3.8) is 0 Å². The molecule has 1 N–H and O–H groups in total. The van der Waals surface area contributed by atoms with Crippen molar-refractivity contribution < 1.29 is 9.72 Å². The molecular formula is C26H25N3O3. The van der Waals surface area contributed by atoms with Crippen molar-refractivity contribution in [3.8, 4) is 0 Å². The highest BCUT2D eigenvalue weighted by molar-refractivity contribution is 6.00. The first kappa shape index (κ1) is 21.4. The fourth-order valence-electron chi connectivity index (χ4n) is 4.21. The molecule has 0 aliphatic heterocycles. The van der Waals surface area contributed by atoms with Gasteiger partial charge in [0.05, 0.1) is 16.6 Å². The fraction of sp³-hybridized carbons (Fsp3) is 0.231. The highest BCUT2D eigenvalue weighted by Crippen LogP contribution is 2.59. The molecule has 0 aromatic heterocycles. The van der Waals surface area contributed by atoms with Gasteiger partial charge >= 0.3 is 0 Å². The summed E-state index contributed by atoms with van der Waals surface area (Å²) < 4.78 is 0. The summed E-state index contributed by atoms with van der Waals surface area (Å²) in [7, 11) is 0.